The third-order valence-corrected chi connectivity index (χ3v) is 12.4. The predicted molar refractivity (Wildman–Crippen MR) is 248 cm³/mol. The highest BCUT2D eigenvalue weighted by atomic mass is 32.1. The van der Waals surface area contributed by atoms with Gasteiger partial charge < -0.3 is 4.42 Å². The van der Waals surface area contributed by atoms with Gasteiger partial charge in [-0.2, -0.15) is 0 Å². The van der Waals surface area contributed by atoms with Crippen molar-refractivity contribution in [2.75, 3.05) is 0 Å². The van der Waals surface area contributed by atoms with Crippen LogP contribution in [0.25, 0.3) is 121 Å². The minimum absolute atomic E-state index is 0.625. The molecule has 12 aromatic rings. The molecule has 0 unspecified atom stereocenters. The van der Waals surface area contributed by atoms with Crippen molar-refractivity contribution in [2.24, 2.45) is 0 Å². The Balaban J connectivity index is 0.984. The van der Waals surface area contributed by atoms with Crippen LogP contribution in [-0.2, 0) is 0 Å². The molecule has 0 saturated heterocycles. The van der Waals surface area contributed by atoms with Crippen molar-refractivity contribution in [3.8, 4) is 67.0 Å². The second-order valence-corrected chi connectivity index (χ2v) is 16.0. The summed E-state index contributed by atoms with van der Waals surface area (Å²) in [6, 6.07) is 67.6. The molecule has 0 amide bonds. The van der Waals surface area contributed by atoms with Gasteiger partial charge in [-0.25, -0.2) is 19.9 Å². The van der Waals surface area contributed by atoms with Crippen molar-refractivity contribution in [3.05, 3.63) is 194 Å². The highest BCUT2D eigenvalue weighted by molar-refractivity contribution is 7.21. The molecule has 0 aliphatic heterocycles. The van der Waals surface area contributed by atoms with Gasteiger partial charge in [-0.3, -0.25) is 0 Å². The Morgan fingerprint density at radius 2 is 0.950 bits per heavy atom. The van der Waals surface area contributed by atoms with Gasteiger partial charge in [-0.15, -0.1) is 11.3 Å². The number of furan rings is 1. The number of benzene rings is 9. The molecule has 60 heavy (non-hydrogen) atoms. The summed E-state index contributed by atoms with van der Waals surface area (Å²) in [5.74, 6) is 1.89. The lowest BCUT2D eigenvalue weighted by Gasteiger charge is -2.13. The molecule has 6 heteroatoms. The lowest BCUT2D eigenvalue weighted by atomic mass is 9.93. The Bertz CT molecular complexity index is 3600. The quantitative estimate of drug-likeness (QED) is 0.168. The zero-order chi connectivity index (χ0) is 39.6. The summed E-state index contributed by atoms with van der Waals surface area (Å²) in [6.07, 6.45) is 0. The Labute approximate surface area is 348 Å². The highest BCUT2D eigenvalue weighted by Gasteiger charge is 2.19. The summed E-state index contributed by atoms with van der Waals surface area (Å²) < 4.78 is 7.70. The molecule has 9 aromatic carbocycles. The van der Waals surface area contributed by atoms with Gasteiger partial charge in [0, 0.05) is 39.1 Å². The lowest BCUT2D eigenvalue weighted by Crippen LogP contribution is -2.00. The van der Waals surface area contributed by atoms with Crippen molar-refractivity contribution in [3.63, 3.8) is 0 Å². The molecular weight excluding hydrogens is 753 g/mol. The zero-order valence-electron chi connectivity index (χ0n) is 32.1. The van der Waals surface area contributed by atoms with Crippen LogP contribution in [0.1, 0.15) is 0 Å². The van der Waals surface area contributed by atoms with Gasteiger partial charge in [0.2, 0.25) is 0 Å². The second kappa shape index (κ2) is 13.9. The van der Waals surface area contributed by atoms with Gasteiger partial charge >= 0.3 is 0 Å². The maximum absolute atomic E-state index is 6.58. The topological polar surface area (TPSA) is 64.7 Å². The molecule has 0 aliphatic carbocycles. The SMILES string of the molecule is c1ccc(-c2ccc(-c3nc4cc5oc6cccc(-c7cccc8c(-c9nc(-c%10ccccc%10)nc(-c%10ccc%11ccccc%11c%10)n9)cccc78)c6c5cc4s3)cc2)cc1. The van der Waals surface area contributed by atoms with E-state index in [1.807, 2.05) is 36.4 Å². The molecule has 0 spiro atoms. The molecule has 3 heterocycles. The predicted octanol–water partition coefficient (Wildman–Crippen LogP) is 14.7. The number of nitrogens with zero attached hydrogens (tertiary/aromatic N) is 4. The van der Waals surface area contributed by atoms with Crippen molar-refractivity contribution >= 4 is 65.0 Å². The Morgan fingerprint density at radius 3 is 1.75 bits per heavy atom. The Hall–Kier alpha value is -7.80. The van der Waals surface area contributed by atoms with Crippen LogP contribution in [-0.4, -0.2) is 19.9 Å². The maximum Gasteiger partial charge on any atom is 0.164 e. The van der Waals surface area contributed by atoms with Gasteiger partial charge in [-0.05, 0) is 62.0 Å². The summed E-state index contributed by atoms with van der Waals surface area (Å²) in [5.41, 5.74) is 11.1. The summed E-state index contributed by atoms with van der Waals surface area (Å²) >= 11 is 1.71. The van der Waals surface area contributed by atoms with Gasteiger partial charge in [0.05, 0.1) is 10.2 Å². The first-order valence-electron chi connectivity index (χ1n) is 20.0. The van der Waals surface area contributed by atoms with E-state index in [0.717, 1.165) is 86.7 Å². The number of aromatic nitrogens is 4. The number of fused-ring (bicyclic) bond motifs is 6. The van der Waals surface area contributed by atoms with Crippen molar-refractivity contribution in [1.82, 2.24) is 19.9 Å². The smallest absolute Gasteiger partial charge is 0.164 e. The fourth-order valence-corrected chi connectivity index (χ4v) is 9.43. The van der Waals surface area contributed by atoms with Crippen molar-refractivity contribution in [2.45, 2.75) is 0 Å². The van der Waals surface area contributed by atoms with Crippen LogP contribution in [0.15, 0.2) is 199 Å². The van der Waals surface area contributed by atoms with Crippen LogP contribution in [0.4, 0.5) is 0 Å². The summed E-state index contributed by atoms with van der Waals surface area (Å²) in [5, 5.41) is 7.61. The number of hydrogen-bond donors (Lipinski definition) is 0. The summed E-state index contributed by atoms with van der Waals surface area (Å²) in [6.45, 7) is 0. The van der Waals surface area contributed by atoms with Crippen LogP contribution in [0, 0.1) is 0 Å². The first kappa shape index (κ1) is 34.3. The summed E-state index contributed by atoms with van der Waals surface area (Å²) in [4.78, 5) is 20.4. The monoisotopic (exact) mass is 784 g/mol. The fourth-order valence-electron chi connectivity index (χ4n) is 8.44. The van der Waals surface area contributed by atoms with E-state index in [1.54, 1.807) is 11.3 Å². The molecule has 0 fully saturated rings. The van der Waals surface area contributed by atoms with E-state index >= 15 is 0 Å². The van der Waals surface area contributed by atoms with Crippen LogP contribution >= 0.6 is 11.3 Å². The Kier molecular flexibility index (Phi) is 7.96. The minimum atomic E-state index is 0.625. The second-order valence-electron chi connectivity index (χ2n) is 15.0. The molecule has 5 nitrogen and oxygen atoms in total. The van der Waals surface area contributed by atoms with E-state index in [0.29, 0.717) is 17.5 Å². The summed E-state index contributed by atoms with van der Waals surface area (Å²) in [7, 11) is 0. The van der Waals surface area contributed by atoms with Gasteiger partial charge in [-0.1, -0.05) is 170 Å². The van der Waals surface area contributed by atoms with Crippen LogP contribution in [0.5, 0.6) is 0 Å². The van der Waals surface area contributed by atoms with E-state index in [-0.39, 0.29) is 0 Å². The normalized spacial score (nSPS) is 11.7. The molecule has 0 saturated carbocycles. The van der Waals surface area contributed by atoms with Crippen molar-refractivity contribution < 1.29 is 4.42 Å². The Morgan fingerprint density at radius 1 is 0.350 bits per heavy atom. The zero-order valence-corrected chi connectivity index (χ0v) is 32.9. The van der Waals surface area contributed by atoms with Crippen molar-refractivity contribution in [1.29, 1.82) is 0 Å². The van der Waals surface area contributed by atoms with E-state index in [4.69, 9.17) is 24.4 Å². The fraction of sp³-hybridized carbons (Fsp3) is 0. The number of thiazole rings is 1. The van der Waals surface area contributed by atoms with Crippen LogP contribution in [0.3, 0.4) is 0 Å². The van der Waals surface area contributed by atoms with E-state index in [2.05, 4.69) is 158 Å². The molecular formula is C54H32N4OS. The van der Waals surface area contributed by atoms with E-state index in [9.17, 15) is 0 Å². The molecule has 0 aliphatic rings. The largest absolute Gasteiger partial charge is 0.456 e. The molecule has 280 valence electrons. The average molecular weight is 785 g/mol. The van der Waals surface area contributed by atoms with Gasteiger partial charge in [0.25, 0.3) is 0 Å². The van der Waals surface area contributed by atoms with Crippen LogP contribution in [0.2, 0.25) is 0 Å². The first-order valence-corrected chi connectivity index (χ1v) is 20.8. The van der Waals surface area contributed by atoms with Gasteiger partial charge in [0.15, 0.2) is 17.5 Å². The molecule has 0 bridgehead atoms. The third-order valence-electron chi connectivity index (χ3n) is 11.4. The molecule has 0 atom stereocenters. The molecule has 12 rings (SSSR count). The first-order chi connectivity index (χ1) is 29.7. The maximum atomic E-state index is 6.58. The van der Waals surface area contributed by atoms with E-state index < -0.39 is 0 Å². The van der Waals surface area contributed by atoms with Gasteiger partial charge in [0.1, 0.15) is 16.2 Å². The average Bonchev–Trinajstić information content (AvgIpc) is 3.91. The molecule has 0 radical (unpaired) electrons. The minimum Gasteiger partial charge on any atom is -0.456 e. The molecule has 3 aromatic heterocycles. The van der Waals surface area contributed by atoms with Crippen LogP contribution < -0.4 is 0 Å². The standard InChI is InChI=1S/C54H32N4OS/c1-3-12-33(13-4-1)35-24-27-37(28-25-35)54-55-46-32-48-45(31-49(46)60-54)50-43(21-11-23-47(50)59-48)41-19-9-20-42-40(41)18-10-22-44(42)53-57-51(36-15-5-2-6-16-36)56-52(58-53)39-29-26-34-14-7-8-17-38(34)30-39/h1-32H. The van der Waals surface area contributed by atoms with E-state index in [1.165, 1.54) is 16.5 Å². The number of hydrogen-bond acceptors (Lipinski definition) is 6. The number of rotatable bonds is 6. The third kappa shape index (κ3) is 5.84. The molecule has 0 N–H and O–H groups in total. The highest BCUT2D eigenvalue weighted by Crippen LogP contribution is 2.43. The lowest BCUT2D eigenvalue weighted by molar-refractivity contribution is 0.669.